The van der Waals surface area contributed by atoms with E-state index in [1.807, 2.05) is 0 Å². The number of halogens is 1. The van der Waals surface area contributed by atoms with Gasteiger partial charge < -0.3 is 9.64 Å². The zero-order valence-corrected chi connectivity index (χ0v) is 11.4. The molecule has 0 spiro atoms. The molecular weight excluding hydrogens is 273 g/mol. The predicted molar refractivity (Wildman–Crippen MR) is 72.8 cm³/mol. The number of rotatable bonds is 4. The second-order valence-corrected chi connectivity index (χ2v) is 4.83. The predicted octanol–water partition coefficient (Wildman–Crippen LogP) is 1.56. The van der Waals surface area contributed by atoms with Crippen molar-refractivity contribution in [3.8, 4) is 0 Å². The summed E-state index contributed by atoms with van der Waals surface area (Å²) in [5.74, 6) is 0.0309. The van der Waals surface area contributed by atoms with Gasteiger partial charge in [0.15, 0.2) is 11.9 Å². The van der Waals surface area contributed by atoms with Crippen LogP contribution >= 0.6 is 0 Å². The third-order valence-corrected chi connectivity index (χ3v) is 3.36. The van der Waals surface area contributed by atoms with Crippen molar-refractivity contribution < 1.29 is 13.9 Å². The molecular formula is C15H14FN3O2. The molecule has 1 amide bonds. The maximum absolute atomic E-state index is 13.1. The summed E-state index contributed by atoms with van der Waals surface area (Å²) in [4.78, 5) is 22.2. The Labute approximate surface area is 121 Å². The van der Waals surface area contributed by atoms with Crippen LogP contribution in [0.15, 0.2) is 42.7 Å². The quantitative estimate of drug-likeness (QED) is 0.801. The van der Waals surface area contributed by atoms with Crippen LogP contribution in [-0.2, 0) is 9.53 Å². The molecule has 0 N–H and O–H groups in total. The standard InChI is InChI=1S/C15H14FN3O2/c1-19(15(20)12-9-21-12)13(14-17-7-2-8-18-14)10-3-5-11(16)6-4-10/h2-8,12-13H,9H2,1H3. The highest BCUT2D eigenvalue weighted by molar-refractivity contribution is 5.83. The fourth-order valence-electron chi connectivity index (χ4n) is 2.19. The van der Waals surface area contributed by atoms with Crippen LogP contribution in [0, 0.1) is 5.82 Å². The van der Waals surface area contributed by atoms with Crippen molar-refractivity contribution in [1.29, 1.82) is 0 Å². The van der Waals surface area contributed by atoms with Gasteiger partial charge >= 0.3 is 0 Å². The summed E-state index contributed by atoms with van der Waals surface area (Å²) in [5.41, 5.74) is 0.749. The van der Waals surface area contributed by atoms with Crippen molar-refractivity contribution >= 4 is 5.91 Å². The molecule has 0 aliphatic carbocycles. The molecule has 1 fully saturated rings. The van der Waals surface area contributed by atoms with E-state index in [-0.39, 0.29) is 17.8 Å². The summed E-state index contributed by atoms with van der Waals surface area (Å²) in [5, 5.41) is 0. The lowest BCUT2D eigenvalue weighted by Gasteiger charge is -2.27. The van der Waals surface area contributed by atoms with E-state index in [1.54, 1.807) is 42.5 Å². The number of likely N-dealkylation sites (N-methyl/N-ethyl adjacent to an activating group) is 1. The highest BCUT2D eigenvalue weighted by atomic mass is 19.1. The molecule has 3 rings (SSSR count). The molecule has 5 nitrogen and oxygen atoms in total. The van der Waals surface area contributed by atoms with Crippen LogP contribution in [0.3, 0.4) is 0 Å². The Balaban J connectivity index is 1.98. The zero-order chi connectivity index (χ0) is 14.8. The number of amides is 1. The van der Waals surface area contributed by atoms with Gasteiger partial charge in [0.05, 0.1) is 6.61 Å². The van der Waals surface area contributed by atoms with Crippen molar-refractivity contribution in [2.45, 2.75) is 12.1 Å². The number of epoxide rings is 1. The van der Waals surface area contributed by atoms with E-state index in [9.17, 15) is 9.18 Å². The van der Waals surface area contributed by atoms with E-state index < -0.39 is 6.04 Å². The van der Waals surface area contributed by atoms with Gasteiger partial charge in [0.25, 0.3) is 5.91 Å². The van der Waals surface area contributed by atoms with Crippen LogP contribution < -0.4 is 0 Å². The minimum Gasteiger partial charge on any atom is -0.363 e. The fraction of sp³-hybridized carbons (Fsp3) is 0.267. The molecule has 6 heteroatoms. The van der Waals surface area contributed by atoms with Gasteiger partial charge in [-0.1, -0.05) is 12.1 Å². The lowest BCUT2D eigenvalue weighted by Crippen LogP contribution is -2.35. The fourth-order valence-corrected chi connectivity index (χ4v) is 2.19. The number of aromatic nitrogens is 2. The summed E-state index contributed by atoms with van der Waals surface area (Å²) < 4.78 is 18.2. The molecule has 1 aliphatic rings. The molecule has 1 aliphatic heterocycles. The Hall–Kier alpha value is -2.34. The molecule has 21 heavy (non-hydrogen) atoms. The van der Waals surface area contributed by atoms with Crippen LogP contribution in [0.2, 0.25) is 0 Å². The van der Waals surface area contributed by atoms with Gasteiger partial charge in [-0.25, -0.2) is 14.4 Å². The molecule has 2 heterocycles. The maximum Gasteiger partial charge on any atom is 0.254 e. The molecule has 2 aromatic rings. The van der Waals surface area contributed by atoms with E-state index in [1.165, 1.54) is 12.1 Å². The van der Waals surface area contributed by atoms with Gasteiger partial charge in [-0.05, 0) is 23.8 Å². The van der Waals surface area contributed by atoms with Gasteiger partial charge in [-0.15, -0.1) is 0 Å². The monoisotopic (exact) mass is 287 g/mol. The molecule has 1 aromatic carbocycles. The third-order valence-electron chi connectivity index (χ3n) is 3.36. The molecule has 2 unspecified atom stereocenters. The first kappa shape index (κ1) is 13.6. The van der Waals surface area contributed by atoms with E-state index in [2.05, 4.69) is 9.97 Å². The Kier molecular flexibility index (Phi) is 3.62. The summed E-state index contributed by atoms with van der Waals surface area (Å²) >= 11 is 0. The second kappa shape index (κ2) is 5.57. The van der Waals surface area contributed by atoms with Gasteiger partial charge in [0, 0.05) is 19.4 Å². The largest absolute Gasteiger partial charge is 0.363 e. The average Bonchev–Trinajstić information content (AvgIpc) is 3.34. The van der Waals surface area contributed by atoms with Crippen LogP contribution in [0.4, 0.5) is 4.39 Å². The minimum absolute atomic E-state index is 0.128. The number of carbonyl (C=O) groups is 1. The van der Waals surface area contributed by atoms with E-state index in [4.69, 9.17) is 4.74 Å². The molecule has 0 bridgehead atoms. The normalized spacial score (nSPS) is 18.1. The molecule has 1 saturated heterocycles. The molecule has 0 saturated carbocycles. The number of nitrogens with zero attached hydrogens (tertiary/aromatic N) is 3. The Morgan fingerprint density at radius 1 is 1.33 bits per heavy atom. The zero-order valence-electron chi connectivity index (χ0n) is 11.4. The highest BCUT2D eigenvalue weighted by Gasteiger charge is 2.37. The highest BCUT2D eigenvalue weighted by Crippen LogP contribution is 2.27. The Bertz CT molecular complexity index is 629. The van der Waals surface area contributed by atoms with Gasteiger partial charge in [-0.3, -0.25) is 4.79 Å². The number of benzene rings is 1. The van der Waals surface area contributed by atoms with Crippen LogP contribution in [0.1, 0.15) is 17.4 Å². The number of hydrogen-bond donors (Lipinski definition) is 0. The lowest BCUT2D eigenvalue weighted by molar-refractivity contribution is -0.132. The lowest BCUT2D eigenvalue weighted by atomic mass is 10.0. The first-order valence-corrected chi connectivity index (χ1v) is 6.57. The second-order valence-electron chi connectivity index (χ2n) is 4.83. The molecule has 2 atom stereocenters. The number of ether oxygens (including phenoxy) is 1. The van der Waals surface area contributed by atoms with Crippen molar-refractivity contribution in [2.75, 3.05) is 13.7 Å². The van der Waals surface area contributed by atoms with Crippen LogP contribution in [0.25, 0.3) is 0 Å². The maximum atomic E-state index is 13.1. The summed E-state index contributed by atoms with van der Waals surface area (Å²) in [6, 6.07) is 7.22. The van der Waals surface area contributed by atoms with Gasteiger partial charge in [0.2, 0.25) is 0 Å². The SMILES string of the molecule is CN(C(=O)C1CO1)C(c1ccc(F)cc1)c1ncccn1. The Morgan fingerprint density at radius 2 is 1.95 bits per heavy atom. The average molecular weight is 287 g/mol. The smallest absolute Gasteiger partial charge is 0.254 e. The van der Waals surface area contributed by atoms with Crippen molar-refractivity contribution in [2.24, 2.45) is 0 Å². The first-order chi connectivity index (χ1) is 10.2. The van der Waals surface area contributed by atoms with E-state index in [0.717, 1.165) is 5.56 Å². The van der Waals surface area contributed by atoms with E-state index >= 15 is 0 Å². The van der Waals surface area contributed by atoms with Crippen LogP contribution in [-0.4, -0.2) is 40.5 Å². The summed E-state index contributed by atoms with van der Waals surface area (Å²) in [7, 11) is 1.67. The van der Waals surface area contributed by atoms with Gasteiger partial charge in [-0.2, -0.15) is 0 Å². The number of carbonyl (C=O) groups excluding carboxylic acids is 1. The van der Waals surface area contributed by atoms with Crippen molar-refractivity contribution in [1.82, 2.24) is 14.9 Å². The van der Waals surface area contributed by atoms with Crippen molar-refractivity contribution in [3.63, 3.8) is 0 Å². The van der Waals surface area contributed by atoms with E-state index in [0.29, 0.717) is 12.4 Å². The van der Waals surface area contributed by atoms with Crippen molar-refractivity contribution in [3.05, 3.63) is 59.9 Å². The summed E-state index contributed by atoms with van der Waals surface area (Å²) in [6.07, 6.45) is 2.84. The van der Waals surface area contributed by atoms with Crippen LogP contribution in [0.5, 0.6) is 0 Å². The number of hydrogen-bond acceptors (Lipinski definition) is 4. The summed E-state index contributed by atoms with van der Waals surface area (Å²) in [6.45, 7) is 0.439. The molecule has 1 aromatic heterocycles. The third kappa shape index (κ3) is 2.90. The Morgan fingerprint density at radius 3 is 2.52 bits per heavy atom. The topological polar surface area (TPSA) is 58.6 Å². The first-order valence-electron chi connectivity index (χ1n) is 6.57. The molecule has 108 valence electrons. The minimum atomic E-state index is -0.469. The van der Waals surface area contributed by atoms with Gasteiger partial charge in [0.1, 0.15) is 11.9 Å². The molecule has 0 radical (unpaired) electrons.